The Bertz CT molecular complexity index is 1120. The standard InChI is InChI=1S/C28H32N2O4/c1-3-5-22(20-9-12-24(32)13-10-20)16-27(33)29-15-14-21-6-4-7-25(26(21)17-29)28(34)30-19(2)8-11-23(30)18-31/h4,6-7,9-10,12-13,19,22-23,31-32H,8,11,14-18H2,1-2H3/t19-,22-,23+/m0/s1. The number of rotatable bonds is 5. The molecule has 6 nitrogen and oxygen atoms in total. The lowest BCUT2D eigenvalue weighted by molar-refractivity contribution is -0.132. The van der Waals surface area contributed by atoms with Gasteiger partial charge in [0.25, 0.3) is 5.91 Å². The van der Waals surface area contributed by atoms with Gasteiger partial charge in [-0.2, -0.15) is 0 Å². The number of amides is 2. The Labute approximate surface area is 201 Å². The number of carbonyl (C=O) groups is 2. The second-order valence-electron chi connectivity index (χ2n) is 9.23. The maximum absolute atomic E-state index is 13.5. The molecule has 0 spiro atoms. The van der Waals surface area contributed by atoms with Gasteiger partial charge in [0.05, 0.1) is 18.6 Å². The normalized spacial score (nSPS) is 20.3. The Balaban J connectivity index is 1.54. The maximum atomic E-state index is 13.5. The van der Waals surface area contributed by atoms with Gasteiger partial charge in [0.1, 0.15) is 5.75 Å². The van der Waals surface area contributed by atoms with Crippen molar-refractivity contribution in [3.8, 4) is 17.6 Å². The molecule has 3 atom stereocenters. The number of nitrogens with zero attached hydrogens (tertiary/aromatic N) is 2. The lowest BCUT2D eigenvalue weighted by atomic mass is 9.92. The van der Waals surface area contributed by atoms with Gasteiger partial charge in [-0.25, -0.2) is 0 Å². The Morgan fingerprint density at radius 3 is 2.62 bits per heavy atom. The molecule has 2 aromatic carbocycles. The van der Waals surface area contributed by atoms with Crippen LogP contribution in [0.2, 0.25) is 0 Å². The van der Waals surface area contributed by atoms with E-state index in [0.29, 0.717) is 25.1 Å². The molecular weight excluding hydrogens is 428 g/mol. The van der Waals surface area contributed by atoms with Crippen LogP contribution < -0.4 is 0 Å². The lowest BCUT2D eigenvalue weighted by Crippen LogP contribution is -2.43. The van der Waals surface area contributed by atoms with Crippen molar-refractivity contribution in [2.75, 3.05) is 13.2 Å². The molecule has 2 amide bonds. The third-order valence-corrected chi connectivity index (χ3v) is 7.08. The molecule has 0 radical (unpaired) electrons. The Hall–Kier alpha value is -3.30. The second-order valence-corrected chi connectivity index (χ2v) is 9.23. The van der Waals surface area contributed by atoms with Crippen LogP contribution in [0, 0.1) is 11.8 Å². The molecular formula is C28H32N2O4. The number of likely N-dealkylation sites (tertiary alicyclic amines) is 1. The molecule has 2 aliphatic heterocycles. The predicted molar refractivity (Wildman–Crippen MR) is 130 cm³/mol. The third-order valence-electron chi connectivity index (χ3n) is 7.08. The summed E-state index contributed by atoms with van der Waals surface area (Å²) in [6, 6.07) is 12.5. The molecule has 0 unspecified atom stereocenters. The van der Waals surface area contributed by atoms with Gasteiger partial charge in [0.15, 0.2) is 0 Å². The fraction of sp³-hybridized carbons (Fsp3) is 0.429. The summed E-state index contributed by atoms with van der Waals surface area (Å²) in [5, 5.41) is 19.4. The van der Waals surface area contributed by atoms with Gasteiger partial charge in [-0.1, -0.05) is 30.2 Å². The van der Waals surface area contributed by atoms with Gasteiger partial charge in [-0.05, 0) is 68.0 Å². The van der Waals surface area contributed by atoms with Crippen molar-refractivity contribution in [2.24, 2.45) is 0 Å². The average Bonchev–Trinajstić information content (AvgIpc) is 3.23. The summed E-state index contributed by atoms with van der Waals surface area (Å²) >= 11 is 0. The quantitative estimate of drug-likeness (QED) is 0.670. The molecule has 1 fully saturated rings. The van der Waals surface area contributed by atoms with Crippen molar-refractivity contribution in [3.63, 3.8) is 0 Å². The highest BCUT2D eigenvalue weighted by molar-refractivity contribution is 5.97. The van der Waals surface area contributed by atoms with Crippen LogP contribution in [0.15, 0.2) is 42.5 Å². The summed E-state index contributed by atoms with van der Waals surface area (Å²) in [4.78, 5) is 30.5. The number of aliphatic hydroxyl groups is 1. The highest BCUT2D eigenvalue weighted by atomic mass is 16.3. The molecule has 34 heavy (non-hydrogen) atoms. The first kappa shape index (κ1) is 23.8. The van der Waals surface area contributed by atoms with E-state index in [0.717, 1.165) is 29.5 Å². The van der Waals surface area contributed by atoms with Crippen LogP contribution in [0.3, 0.4) is 0 Å². The van der Waals surface area contributed by atoms with Gasteiger partial charge in [0.2, 0.25) is 5.91 Å². The van der Waals surface area contributed by atoms with E-state index in [-0.39, 0.29) is 48.6 Å². The van der Waals surface area contributed by atoms with E-state index in [2.05, 4.69) is 11.8 Å². The van der Waals surface area contributed by atoms with Crippen molar-refractivity contribution in [1.82, 2.24) is 9.80 Å². The minimum atomic E-state index is -0.257. The zero-order chi connectivity index (χ0) is 24.2. The summed E-state index contributed by atoms with van der Waals surface area (Å²) in [6.45, 7) is 4.74. The lowest BCUT2D eigenvalue weighted by Gasteiger charge is -2.33. The van der Waals surface area contributed by atoms with E-state index < -0.39 is 0 Å². The van der Waals surface area contributed by atoms with Crippen molar-refractivity contribution < 1.29 is 19.8 Å². The van der Waals surface area contributed by atoms with Gasteiger partial charge < -0.3 is 20.0 Å². The first-order valence-electron chi connectivity index (χ1n) is 12.0. The molecule has 0 aromatic heterocycles. The molecule has 2 aliphatic rings. The largest absolute Gasteiger partial charge is 0.508 e. The molecule has 2 aromatic rings. The summed E-state index contributed by atoms with van der Waals surface area (Å²) in [6.07, 6.45) is 2.63. The smallest absolute Gasteiger partial charge is 0.254 e. The number of benzene rings is 2. The fourth-order valence-corrected chi connectivity index (χ4v) is 5.19. The zero-order valence-electron chi connectivity index (χ0n) is 19.8. The van der Waals surface area contributed by atoms with Crippen LogP contribution >= 0.6 is 0 Å². The van der Waals surface area contributed by atoms with Crippen molar-refractivity contribution in [2.45, 2.75) is 64.1 Å². The van der Waals surface area contributed by atoms with Crippen LogP contribution in [-0.4, -0.2) is 57.1 Å². The summed E-state index contributed by atoms with van der Waals surface area (Å²) in [5.74, 6) is 5.90. The molecule has 0 bridgehead atoms. The number of fused-ring (bicyclic) bond motifs is 1. The summed E-state index contributed by atoms with van der Waals surface area (Å²) in [7, 11) is 0. The van der Waals surface area contributed by atoms with E-state index in [4.69, 9.17) is 0 Å². The monoisotopic (exact) mass is 460 g/mol. The molecule has 0 aliphatic carbocycles. The number of hydrogen-bond donors (Lipinski definition) is 2. The maximum Gasteiger partial charge on any atom is 0.254 e. The van der Waals surface area contributed by atoms with Gasteiger partial charge >= 0.3 is 0 Å². The minimum absolute atomic E-state index is 0.00324. The van der Waals surface area contributed by atoms with Crippen LogP contribution in [0.4, 0.5) is 0 Å². The van der Waals surface area contributed by atoms with Crippen LogP contribution in [0.25, 0.3) is 0 Å². The third kappa shape index (κ3) is 4.80. The molecule has 1 saturated heterocycles. The Morgan fingerprint density at radius 1 is 1.15 bits per heavy atom. The van der Waals surface area contributed by atoms with Gasteiger partial charge in [-0.15, -0.1) is 5.92 Å². The van der Waals surface area contributed by atoms with E-state index in [1.165, 1.54) is 0 Å². The number of phenols is 1. The summed E-state index contributed by atoms with van der Waals surface area (Å²) in [5.41, 5.74) is 3.54. The molecule has 2 heterocycles. The van der Waals surface area contributed by atoms with Gasteiger partial charge in [0, 0.05) is 31.1 Å². The molecule has 4 rings (SSSR count). The van der Waals surface area contributed by atoms with E-state index in [9.17, 15) is 19.8 Å². The molecule has 178 valence electrons. The Kier molecular flexibility index (Phi) is 7.23. The van der Waals surface area contributed by atoms with Crippen molar-refractivity contribution in [3.05, 3.63) is 64.7 Å². The van der Waals surface area contributed by atoms with E-state index in [1.807, 2.05) is 34.9 Å². The molecule has 0 saturated carbocycles. The minimum Gasteiger partial charge on any atom is -0.508 e. The first-order chi connectivity index (χ1) is 16.4. The first-order valence-corrected chi connectivity index (χ1v) is 12.0. The molecule has 6 heteroatoms. The fourth-order valence-electron chi connectivity index (χ4n) is 5.19. The number of hydrogen-bond acceptors (Lipinski definition) is 4. The Morgan fingerprint density at radius 2 is 1.91 bits per heavy atom. The van der Waals surface area contributed by atoms with Crippen LogP contribution in [0.5, 0.6) is 5.75 Å². The zero-order valence-corrected chi connectivity index (χ0v) is 19.8. The summed E-state index contributed by atoms with van der Waals surface area (Å²) < 4.78 is 0. The topological polar surface area (TPSA) is 81.1 Å². The van der Waals surface area contributed by atoms with Crippen LogP contribution in [-0.2, 0) is 17.8 Å². The molecule has 2 N–H and O–H groups in total. The predicted octanol–water partition coefficient (Wildman–Crippen LogP) is 3.46. The number of carbonyl (C=O) groups excluding carboxylic acids is 2. The highest BCUT2D eigenvalue weighted by Crippen LogP contribution is 2.30. The van der Waals surface area contributed by atoms with Crippen molar-refractivity contribution in [1.29, 1.82) is 0 Å². The van der Waals surface area contributed by atoms with Crippen molar-refractivity contribution >= 4 is 11.8 Å². The number of phenolic OH excluding ortho intramolecular Hbond substituents is 1. The second kappa shape index (κ2) is 10.3. The van der Waals surface area contributed by atoms with Gasteiger partial charge in [-0.3, -0.25) is 9.59 Å². The number of aromatic hydroxyl groups is 1. The number of aliphatic hydroxyl groups excluding tert-OH is 1. The van der Waals surface area contributed by atoms with Crippen LogP contribution in [0.1, 0.15) is 66.1 Å². The van der Waals surface area contributed by atoms with E-state index >= 15 is 0 Å². The highest BCUT2D eigenvalue weighted by Gasteiger charge is 2.36. The SMILES string of the molecule is CC#C[C@@H](CC(=O)N1CCc2cccc(C(=O)N3[C@@H](CO)CC[C@@H]3C)c2C1)c1ccc(O)cc1. The average molecular weight is 461 g/mol. The van der Waals surface area contributed by atoms with E-state index in [1.54, 1.807) is 31.2 Å².